The molecule has 2 saturated heterocycles. The predicted octanol–water partition coefficient (Wildman–Crippen LogP) is 2.22. The molecule has 2 aliphatic rings. The van der Waals surface area contributed by atoms with Crippen LogP contribution < -0.4 is 10.6 Å². The second-order valence-corrected chi connectivity index (χ2v) is 8.21. The second-order valence-electron chi connectivity index (χ2n) is 8.21. The Hall–Kier alpha value is -0.810. The number of carbonyl (C=O) groups is 1. The number of amides is 1. The molecule has 0 aromatic rings. The fourth-order valence-electron chi connectivity index (χ4n) is 3.22. The number of halogens is 1. The molecule has 1 amide bonds. The van der Waals surface area contributed by atoms with Crippen LogP contribution >= 0.6 is 24.0 Å². The number of ether oxygens (including phenoxy) is 3. The van der Waals surface area contributed by atoms with Crippen molar-refractivity contribution in [3.63, 3.8) is 0 Å². The maximum atomic E-state index is 11.9. The normalized spacial score (nSPS) is 22.7. The minimum atomic E-state index is -0.479. The summed E-state index contributed by atoms with van der Waals surface area (Å²) in [5, 5.41) is 6.32. The van der Waals surface area contributed by atoms with Gasteiger partial charge in [-0.05, 0) is 40.0 Å². The van der Waals surface area contributed by atoms with Crippen molar-refractivity contribution >= 4 is 36.0 Å². The molecule has 2 unspecified atom stereocenters. The first-order valence-electron chi connectivity index (χ1n) is 9.98. The van der Waals surface area contributed by atoms with E-state index in [1.54, 1.807) is 7.05 Å². The zero-order chi connectivity index (χ0) is 19.7. The van der Waals surface area contributed by atoms with E-state index >= 15 is 0 Å². The van der Waals surface area contributed by atoms with Crippen LogP contribution in [-0.4, -0.2) is 81.7 Å². The first kappa shape index (κ1) is 25.2. The minimum absolute atomic E-state index is 0. The number of aliphatic imine (C=N–C) groups is 1. The Morgan fingerprint density at radius 2 is 2.11 bits per heavy atom. The highest BCUT2D eigenvalue weighted by Gasteiger charge is 2.27. The number of rotatable bonds is 7. The van der Waals surface area contributed by atoms with Crippen molar-refractivity contribution in [1.29, 1.82) is 0 Å². The summed E-state index contributed by atoms with van der Waals surface area (Å²) in [6.45, 7) is 11.2. The third-order valence-electron chi connectivity index (χ3n) is 4.55. The molecule has 0 bridgehead atoms. The maximum absolute atomic E-state index is 11.9. The average Bonchev–Trinajstić information content (AvgIpc) is 3.24. The van der Waals surface area contributed by atoms with Crippen LogP contribution in [0.2, 0.25) is 0 Å². The Morgan fingerprint density at radius 1 is 1.32 bits per heavy atom. The molecule has 2 aliphatic heterocycles. The van der Waals surface area contributed by atoms with E-state index in [1.165, 1.54) is 0 Å². The highest BCUT2D eigenvalue weighted by atomic mass is 127. The molecule has 0 saturated carbocycles. The summed E-state index contributed by atoms with van der Waals surface area (Å²) in [5.41, 5.74) is -0.479. The van der Waals surface area contributed by atoms with Crippen LogP contribution in [0.4, 0.5) is 4.79 Å². The molecule has 8 nitrogen and oxygen atoms in total. The monoisotopic (exact) mass is 512 g/mol. The Labute approximate surface area is 186 Å². The Kier molecular flexibility index (Phi) is 11.4. The molecular formula is C19H37IN4O4. The Balaban J connectivity index is 0.00000392. The zero-order valence-electron chi connectivity index (χ0n) is 17.7. The second kappa shape index (κ2) is 12.7. The third-order valence-corrected chi connectivity index (χ3v) is 4.55. The topological polar surface area (TPSA) is 84.4 Å². The van der Waals surface area contributed by atoms with Gasteiger partial charge in [0.05, 0.1) is 19.3 Å². The average molecular weight is 512 g/mol. The van der Waals surface area contributed by atoms with Crippen LogP contribution in [0.1, 0.15) is 40.0 Å². The van der Waals surface area contributed by atoms with Crippen LogP contribution in [0, 0.1) is 5.92 Å². The lowest BCUT2D eigenvalue weighted by molar-refractivity contribution is 0.0507. The van der Waals surface area contributed by atoms with Crippen LogP contribution in [0.5, 0.6) is 0 Å². The van der Waals surface area contributed by atoms with Crippen molar-refractivity contribution < 1.29 is 19.0 Å². The highest BCUT2D eigenvalue weighted by molar-refractivity contribution is 14.0. The largest absolute Gasteiger partial charge is 0.444 e. The standard InChI is InChI=1S/C19H36N4O4.HI/c1-19(2,3)27-18(24)22-16-6-9-23(12-16)17(20-4)21-8-5-10-25-13-15-7-11-26-14-15;/h15-16H,5-14H2,1-4H3,(H,20,21)(H,22,24);1H. The summed E-state index contributed by atoms with van der Waals surface area (Å²) in [5.74, 6) is 1.43. The van der Waals surface area contributed by atoms with Crippen molar-refractivity contribution in [3.8, 4) is 0 Å². The molecule has 164 valence electrons. The highest BCUT2D eigenvalue weighted by Crippen LogP contribution is 2.13. The first-order valence-corrected chi connectivity index (χ1v) is 9.98. The number of nitrogens with one attached hydrogen (secondary N) is 2. The van der Waals surface area contributed by atoms with Gasteiger partial charge >= 0.3 is 6.09 Å². The van der Waals surface area contributed by atoms with E-state index in [1.807, 2.05) is 20.8 Å². The smallest absolute Gasteiger partial charge is 0.407 e. The summed E-state index contributed by atoms with van der Waals surface area (Å²) in [7, 11) is 1.79. The van der Waals surface area contributed by atoms with Crippen molar-refractivity contribution in [2.75, 3.05) is 53.1 Å². The molecule has 2 rings (SSSR count). The number of carbonyl (C=O) groups excluding carboxylic acids is 1. The van der Waals surface area contributed by atoms with Gasteiger partial charge in [0.2, 0.25) is 0 Å². The lowest BCUT2D eigenvalue weighted by Gasteiger charge is -2.23. The summed E-state index contributed by atoms with van der Waals surface area (Å²) in [4.78, 5) is 18.4. The summed E-state index contributed by atoms with van der Waals surface area (Å²) < 4.78 is 16.4. The minimum Gasteiger partial charge on any atom is -0.444 e. The molecule has 2 atom stereocenters. The zero-order valence-corrected chi connectivity index (χ0v) is 20.0. The van der Waals surface area contributed by atoms with Crippen LogP contribution in [-0.2, 0) is 14.2 Å². The number of nitrogens with zero attached hydrogens (tertiary/aromatic N) is 2. The van der Waals surface area contributed by atoms with Gasteiger partial charge in [0.1, 0.15) is 5.60 Å². The predicted molar refractivity (Wildman–Crippen MR) is 120 cm³/mol. The third kappa shape index (κ3) is 9.60. The number of hydrogen-bond acceptors (Lipinski definition) is 5. The van der Waals surface area contributed by atoms with Crippen LogP contribution in [0.3, 0.4) is 0 Å². The van der Waals surface area contributed by atoms with Crippen molar-refractivity contribution in [1.82, 2.24) is 15.5 Å². The van der Waals surface area contributed by atoms with Crippen LogP contribution in [0.15, 0.2) is 4.99 Å². The summed E-state index contributed by atoms with van der Waals surface area (Å²) in [6, 6.07) is 0.0790. The Bertz CT molecular complexity index is 493. The molecule has 0 aromatic heterocycles. The maximum Gasteiger partial charge on any atom is 0.407 e. The van der Waals surface area contributed by atoms with Gasteiger partial charge in [-0.1, -0.05) is 0 Å². The van der Waals surface area contributed by atoms with Gasteiger partial charge in [-0.3, -0.25) is 4.99 Å². The van der Waals surface area contributed by atoms with E-state index in [-0.39, 0.29) is 36.1 Å². The Morgan fingerprint density at radius 3 is 2.75 bits per heavy atom. The van der Waals surface area contributed by atoms with Crippen molar-refractivity contribution in [3.05, 3.63) is 0 Å². The van der Waals surface area contributed by atoms with Gasteiger partial charge in [0.25, 0.3) is 0 Å². The van der Waals surface area contributed by atoms with Crippen molar-refractivity contribution in [2.45, 2.75) is 51.7 Å². The van der Waals surface area contributed by atoms with E-state index < -0.39 is 5.60 Å². The molecule has 9 heteroatoms. The number of likely N-dealkylation sites (tertiary alicyclic amines) is 1. The van der Waals surface area contributed by atoms with E-state index in [4.69, 9.17) is 14.2 Å². The molecule has 0 radical (unpaired) electrons. The molecule has 0 aromatic carbocycles. The van der Waals surface area contributed by atoms with Gasteiger partial charge in [-0.15, -0.1) is 24.0 Å². The van der Waals surface area contributed by atoms with Gasteiger partial charge in [0.15, 0.2) is 5.96 Å². The molecule has 2 fully saturated rings. The summed E-state index contributed by atoms with van der Waals surface area (Å²) in [6.07, 6.45) is 2.56. The molecule has 28 heavy (non-hydrogen) atoms. The SMILES string of the molecule is CN=C(NCCCOCC1CCOC1)N1CCC(NC(=O)OC(C)(C)C)C1.I. The van der Waals surface area contributed by atoms with E-state index in [9.17, 15) is 4.79 Å². The number of hydrogen-bond donors (Lipinski definition) is 2. The lowest BCUT2D eigenvalue weighted by atomic mass is 10.1. The number of alkyl carbamates (subject to hydrolysis) is 1. The van der Waals surface area contributed by atoms with Gasteiger partial charge in [0, 0.05) is 45.8 Å². The van der Waals surface area contributed by atoms with E-state index in [2.05, 4.69) is 20.5 Å². The fourth-order valence-corrected chi connectivity index (χ4v) is 3.22. The van der Waals surface area contributed by atoms with Crippen molar-refractivity contribution in [2.24, 2.45) is 10.9 Å². The van der Waals surface area contributed by atoms with E-state index in [0.717, 1.165) is 71.3 Å². The van der Waals surface area contributed by atoms with Crippen LogP contribution in [0.25, 0.3) is 0 Å². The van der Waals surface area contributed by atoms with Gasteiger partial charge < -0.3 is 29.7 Å². The first-order chi connectivity index (χ1) is 12.9. The fraction of sp³-hybridized carbons (Fsp3) is 0.895. The van der Waals surface area contributed by atoms with Gasteiger partial charge in [-0.2, -0.15) is 0 Å². The van der Waals surface area contributed by atoms with E-state index in [0.29, 0.717) is 5.92 Å². The quantitative estimate of drug-likeness (QED) is 0.236. The molecular weight excluding hydrogens is 475 g/mol. The molecule has 2 N–H and O–H groups in total. The molecule has 0 spiro atoms. The molecule has 2 heterocycles. The molecule has 0 aliphatic carbocycles. The number of guanidine groups is 1. The van der Waals surface area contributed by atoms with Gasteiger partial charge in [-0.25, -0.2) is 4.79 Å². The summed E-state index contributed by atoms with van der Waals surface area (Å²) >= 11 is 0. The lowest BCUT2D eigenvalue weighted by Crippen LogP contribution is -2.44.